The van der Waals surface area contributed by atoms with Crippen LogP contribution in [0.3, 0.4) is 0 Å². The highest BCUT2D eigenvalue weighted by molar-refractivity contribution is 14.1. The summed E-state index contributed by atoms with van der Waals surface area (Å²) in [6.45, 7) is 0.577. The zero-order valence-corrected chi connectivity index (χ0v) is 16.7. The third kappa shape index (κ3) is 3.56. The van der Waals surface area contributed by atoms with Crippen molar-refractivity contribution in [2.75, 3.05) is 5.32 Å². The smallest absolute Gasteiger partial charge is 0.147 e. The molecule has 22 heavy (non-hydrogen) atoms. The van der Waals surface area contributed by atoms with E-state index < -0.39 is 0 Å². The van der Waals surface area contributed by atoms with Gasteiger partial charge in [-0.05, 0) is 34.7 Å². The van der Waals surface area contributed by atoms with Crippen LogP contribution in [0.5, 0.6) is 0 Å². The van der Waals surface area contributed by atoms with Gasteiger partial charge in [-0.2, -0.15) is 0 Å². The lowest BCUT2D eigenvalue weighted by atomic mass is 10.1. The lowest BCUT2D eigenvalue weighted by Gasteiger charge is -2.21. The zero-order chi connectivity index (χ0) is 15.7. The predicted octanol–water partition coefficient (Wildman–Crippen LogP) is 4.74. The summed E-state index contributed by atoms with van der Waals surface area (Å²) in [7, 11) is 5.43. The Morgan fingerprint density at radius 3 is 2.86 bits per heavy atom. The molecule has 114 valence electrons. The molecule has 0 aliphatic carbocycles. The minimum absolute atomic E-state index is 0.229. The SMILES string of the molecule is Fc1ccc(CNc2ncnc3ccsc23)c(C(P)(P)I)c1. The topological polar surface area (TPSA) is 37.8 Å². The Hall–Kier alpha value is -0.420. The molecule has 2 heterocycles. The first-order valence-corrected chi connectivity index (χ1v) is 9.54. The van der Waals surface area contributed by atoms with Gasteiger partial charge in [0, 0.05) is 6.54 Å². The predicted molar refractivity (Wildman–Crippen MR) is 106 cm³/mol. The summed E-state index contributed by atoms with van der Waals surface area (Å²) in [5.41, 5.74) is 2.89. The Morgan fingerprint density at radius 2 is 2.09 bits per heavy atom. The van der Waals surface area contributed by atoms with Gasteiger partial charge < -0.3 is 5.32 Å². The number of benzene rings is 1. The van der Waals surface area contributed by atoms with Crippen molar-refractivity contribution in [2.45, 2.75) is 9.45 Å². The third-order valence-electron chi connectivity index (χ3n) is 3.17. The van der Waals surface area contributed by atoms with Crippen molar-refractivity contribution in [1.29, 1.82) is 0 Å². The fourth-order valence-electron chi connectivity index (χ4n) is 2.15. The molecule has 0 bridgehead atoms. The van der Waals surface area contributed by atoms with Crippen LogP contribution in [0.2, 0.25) is 0 Å². The Kier molecular flexibility index (Phi) is 4.93. The molecule has 2 unspecified atom stereocenters. The van der Waals surface area contributed by atoms with E-state index in [4.69, 9.17) is 0 Å². The largest absolute Gasteiger partial charge is 0.365 e. The Bertz CT molecular complexity index is 819. The maximum atomic E-state index is 13.5. The van der Waals surface area contributed by atoms with E-state index in [0.717, 1.165) is 27.2 Å². The fraction of sp³-hybridized carbons (Fsp3) is 0.143. The van der Waals surface area contributed by atoms with Crippen molar-refractivity contribution in [3.05, 3.63) is 52.9 Å². The average Bonchev–Trinajstić information content (AvgIpc) is 2.94. The van der Waals surface area contributed by atoms with E-state index in [1.54, 1.807) is 23.7 Å². The lowest BCUT2D eigenvalue weighted by molar-refractivity contribution is 0.625. The van der Waals surface area contributed by atoms with Crippen molar-refractivity contribution in [3.63, 3.8) is 0 Å². The molecule has 3 aromatic rings. The summed E-state index contributed by atoms with van der Waals surface area (Å²) in [5.74, 6) is 0.578. The molecule has 0 saturated heterocycles. The first kappa shape index (κ1) is 16.4. The molecule has 2 aromatic heterocycles. The monoisotopic (exact) mass is 463 g/mol. The molecule has 0 amide bonds. The maximum absolute atomic E-state index is 13.5. The van der Waals surface area contributed by atoms with Crippen LogP contribution in [0.25, 0.3) is 10.2 Å². The number of nitrogens with one attached hydrogen (secondary N) is 1. The minimum atomic E-state index is -0.305. The number of hydrogen-bond acceptors (Lipinski definition) is 4. The second-order valence-electron chi connectivity index (χ2n) is 4.78. The Morgan fingerprint density at radius 1 is 1.27 bits per heavy atom. The van der Waals surface area contributed by atoms with Crippen LogP contribution < -0.4 is 5.32 Å². The lowest BCUT2D eigenvalue weighted by Crippen LogP contribution is -2.09. The molecule has 3 rings (SSSR count). The molecule has 0 aliphatic rings. The second kappa shape index (κ2) is 6.60. The van der Waals surface area contributed by atoms with Crippen LogP contribution in [-0.4, -0.2) is 9.97 Å². The van der Waals surface area contributed by atoms with Gasteiger partial charge in [-0.3, -0.25) is 0 Å². The molecule has 1 aromatic carbocycles. The summed E-state index contributed by atoms with van der Waals surface area (Å²) < 4.78 is 14.3. The normalized spacial score (nSPS) is 11.8. The van der Waals surface area contributed by atoms with Gasteiger partial charge in [0.25, 0.3) is 0 Å². The number of fused-ring (bicyclic) bond motifs is 1. The third-order valence-corrected chi connectivity index (χ3v) is 5.29. The second-order valence-corrected chi connectivity index (χ2v) is 12.3. The number of halogens is 2. The molecule has 0 fully saturated rings. The summed E-state index contributed by atoms with van der Waals surface area (Å²) in [6, 6.07) is 6.84. The number of thiophene rings is 1. The molecule has 1 N–H and O–H groups in total. The van der Waals surface area contributed by atoms with Crippen LogP contribution in [0.15, 0.2) is 36.0 Å². The van der Waals surface area contributed by atoms with Crippen molar-refractivity contribution in [1.82, 2.24) is 9.97 Å². The van der Waals surface area contributed by atoms with Gasteiger partial charge >= 0.3 is 0 Å². The van der Waals surface area contributed by atoms with E-state index in [1.165, 1.54) is 6.07 Å². The summed E-state index contributed by atoms with van der Waals surface area (Å²) in [6.07, 6.45) is 1.55. The summed E-state index contributed by atoms with van der Waals surface area (Å²) in [4.78, 5) is 8.53. The number of anilines is 1. The van der Waals surface area contributed by atoms with Crippen molar-refractivity contribution >= 4 is 68.4 Å². The van der Waals surface area contributed by atoms with E-state index in [0.29, 0.717) is 6.54 Å². The van der Waals surface area contributed by atoms with Gasteiger partial charge in [-0.25, -0.2) is 14.4 Å². The van der Waals surface area contributed by atoms with Crippen LogP contribution in [0.1, 0.15) is 11.1 Å². The fourth-order valence-corrected chi connectivity index (χ4v) is 4.00. The summed E-state index contributed by atoms with van der Waals surface area (Å²) in [5, 5.41) is 5.33. The van der Waals surface area contributed by atoms with Gasteiger partial charge in [0.1, 0.15) is 18.0 Å². The van der Waals surface area contributed by atoms with Gasteiger partial charge in [0.15, 0.2) is 0 Å². The summed E-state index contributed by atoms with van der Waals surface area (Å²) >= 11 is 3.86. The number of aromatic nitrogens is 2. The van der Waals surface area contributed by atoms with E-state index in [9.17, 15) is 4.39 Å². The number of nitrogens with zero attached hydrogens (tertiary/aromatic N) is 2. The van der Waals surface area contributed by atoms with Crippen molar-refractivity contribution < 1.29 is 4.39 Å². The van der Waals surface area contributed by atoms with Crippen LogP contribution in [-0.2, 0) is 9.45 Å². The van der Waals surface area contributed by atoms with Gasteiger partial charge in [0.2, 0.25) is 0 Å². The molecular weight excluding hydrogens is 450 g/mol. The molecular formula is C14H13FIN3P2S. The van der Waals surface area contributed by atoms with Crippen molar-refractivity contribution in [2.24, 2.45) is 0 Å². The molecule has 0 saturated carbocycles. The molecule has 0 radical (unpaired) electrons. The Labute approximate surface area is 150 Å². The van der Waals surface area contributed by atoms with E-state index in [-0.39, 0.29) is 8.72 Å². The molecule has 8 heteroatoms. The molecule has 3 nitrogen and oxygen atoms in total. The Balaban J connectivity index is 1.90. The maximum Gasteiger partial charge on any atom is 0.147 e. The standard InChI is InChI=1S/C14H13FIN3P2S/c15-9-2-1-8(10(5-9)14(16,20)21)6-17-13-12-11(3-4-22-12)18-7-19-13/h1-5,7H,6,20-21H2,(H,17,18,19). The van der Waals surface area contributed by atoms with Gasteiger partial charge in [-0.1, -0.05) is 28.7 Å². The number of rotatable bonds is 4. The zero-order valence-electron chi connectivity index (χ0n) is 11.4. The quantitative estimate of drug-likeness (QED) is 0.345. The van der Waals surface area contributed by atoms with Crippen molar-refractivity contribution in [3.8, 4) is 0 Å². The molecule has 0 spiro atoms. The molecule has 2 atom stereocenters. The van der Waals surface area contributed by atoms with E-state index in [2.05, 4.69) is 56.4 Å². The first-order chi connectivity index (χ1) is 10.4. The number of alkyl halides is 1. The van der Waals surface area contributed by atoms with E-state index >= 15 is 0 Å². The molecule has 0 aliphatic heterocycles. The highest BCUT2D eigenvalue weighted by Crippen LogP contribution is 2.47. The highest BCUT2D eigenvalue weighted by Gasteiger charge is 2.21. The average molecular weight is 463 g/mol. The van der Waals surface area contributed by atoms with Crippen LogP contribution in [0, 0.1) is 5.82 Å². The van der Waals surface area contributed by atoms with E-state index in [1.807, 2.05) is 17.5 Å². The van der Waals surface area contributed by atoms with Gasteiger partial charge in [0.05, 0.1) is 13.1 Å². The first-order valence-electron chi connectivity index (χ1n) is 6.43. The number of hydrogen-bond donors (Lipinski definition) is 1. The van der Waals surface area contributed by atoms with Gasteiger partial charge in [-0.15, -0.1) is 29.8 Å². The highest BCUT2D eigenvalue weighted by atomic mass is 127. The minimum Gasteiger partial charge on any atom is -0.365 e. The van der Waals surface area contributed by atoms with Crippen LogP contribution in [0.4, 0.5) is 10.2 Å². The van der Waals surface area contributed by atoms with Crippen LogP contribution >= 0.6 is 52.4 Å².